The molecule has 0 aliphatic rings. The van der Waals surface area contributed by atoms with Crippen LogP contribution in [-0.4, -0.2) is 22.4 Å². The molecule has 3 aromatic rings. The molecule has 0 atom stereocenters. The summed E-state index contributed by atoms with van der Waals surface area (Å²) in [5, 5.41) is 14.2. The number of ether oxygens (including phenoxy) is 1. The number of nitrogens with zero attached hydrogens (tertiary/aromatic N) is 2. The molecular weight excluding hydrogens is 310 g/mol. The fraction of sp³-hybridized carbons (Fsp3) is 0.0588. The maximum Gasteiger partial charge on any atom is 0.269 e. The molecule has 3 rings (SSSR count). The van der Waals surface area contributed by atoms with E-state index in [1.54, 1.807) is 6.20 Å². The summed E-state index contributed by atoms with van der Waals surface area (Å²) in [5.74, 6) is 0.0396. The van der Waals surface area contributed by atoms with Gasteiger partial charge in [0.05, 0.1) is 22.3 Å². The molecule has 1 N–H and O–H groups in total. The summed E-state index contributed by atoms with van der Waals surface area (Å²) in [5.41, 5.74) is 1.39. The highest BCUT2D eigenvalue weighted by atomic mass is 16.6. The third-order valence-electron chi connectivity index (χ3n) is 3.29. The molecule has 0 aliphatic carbocycles. The number of nitrogens with one attached hydrogen (secondary N) is 1. The quantitative estimate of drug-likeness (QED) is 0.575. The van der Waals surface area contributed by atoms with Crippen LogP contribution in [0.1, 0.15) is 0 Å². The van der Waals surface area contributed by atoms with Gasteiger partial charge in [0.25, 0.3) is 11.6 Å². The number of benzene rings is 2. The number of aromatic nitrogens is 1. The number of anilines is 1. The zero-order valence-corrected chi connectivity index (χ0v) is 12.5. The van der Waals surface area contributed by atoms with Crippen LogP contribution >= 0.6 is 0 Å². The molecule has 0 unspecified atom stereocenters. The molecule has 0 bridgehead atoms. The molecule has 24 heavy (non-hydrogen) atoms. The van der Waals surface area contributed by atoms with Crippen LogP contribution < -0.4 is 10.1 Å². The van der Waals surface area contributed by atoms with Crippen molar-refractivity contribution in [2.24, 2.45) is 0 Å². The van der Waals surface area contributed by atoms with Gasteiger partial charge < -0.3 is 10.1 Å². The first-order valence-corrected chi connectivity index (χ1v) is 7.14. The number of hydrogen-bond acceptors (Lipinski definition) is 5. The number of rotatable bonds is 5. The highest BCUT2D eigenvalue weighted by molar-refractivity contribution is 5.93. The number of nitro groups is 1. The molecule has 7 nitrogen and oxygen atoms in total. The van der Waals surface area contributed by atoms with E-state index in [4.69, 9.17) is 4.74 Å². The van der Waals surface area contributed by atoms with Crippen LogP contribution in [0.4, 0.5) is 11.4 Å². The molecule has 0 spiro atoms. The standard InChI is InChI=1S/C17H13N3O4/c21-17(11-24-15-7-5-14(6-8-15)20(22)23)19-13-9-12-3-1-2-4-16(12)18-10-13/h1-10H,11H2,(H,19,21). The Morgan fingerprint density at radius 3 is 2.67 bits per heavy atom. The van der Waals surface area contributed by atoms with E-state index in [0.29, 0.717) is 11.4 Å². The first kappa shape index (κ1) is 15.4. The lowest BCUT2D eigenvalue weighted by Crippen LogP contribution is -2.20. The van der Waals surface area contributed by atoms with Gasteiger partial charge >= 0.3 is 0 Å². The first-order chi connectivity index (χ1) is 11.6. The minimum atomic E-state index is -0.497. The molecule has 7 heteroatoms. The topological polar surface area (TPSA) is 94.4 Å². The molecule has 0 aliphatic heterocycles. The van der Waals surface area contributed by atoms with E-state index >= 15 is 0 Å². The second-order valence-corrected chi connectivity index (χ2v) is 5.00. The van der Waals surface area contributed by atoms with E-state index in [0.717, 1.165) is 10.9 Å². The van der Waals surface area contributed by atoms with Crippen LogP contribution in [0.5, 0.6) is 5.75 Å². The highest BCUT2D eigenvalue weighted by Gasteiger charge is 2.07. The van der Waals surface area contributed by atoms with Crippen molar-refractivity contribution in [2.45, 2.75) is 0 Å². The van der Waals surface area contributed by atoms with E-state index in [-0.39, 0.29) is 18.2 Å². The van der Waals surface area contributed by atoms with Crippen molar-refractivity contribution in [3.8, 4) is 5.75 Å². The number of carbonyl (C=O) groups is 1. The molecule has 2 aromatic carbocycles. The van der Waals surface area contributed by atoms with E-state index < -0.39 is 4.92 Å². The maximum absolute atomic E-state index is 11.9. The lowest BCUT2D eigenvalue weighted by Gasteiger charge is -2.08. The summed E-state index contributed by atoms with van der Waals surface area (Å²) in [4.78, 5) is 26.3. The third-order valence-corrected chi connectivity index (χ3v) is 3.29. The van der Waals surface area contributed by atoms with Crippen LogP contribution in [0.2, 0.25) is 0 Å². The van der Waals surface area contributed by atoms with Gasteiger partial charge in [0.15, 0.2) is 6.61 Å². The Labute approximate surface area is 137 Å². The van der Waals surface area contributed by atoms with Crippen molar-refractivity contribution >= 4 is 28.2 Å². The molecule has 120 valence electrons. The Morgan fingerprint density at radius 1 is 1.17 bits per heavy atom. The van der Waals surface area contributed by atoms with E-state index in [1.807, 2.05) is 30.3 Å². The number of non-ortho nitro benzene ring substituents is 1. The fourth-order valence-corrected chi connectivity index (χ4v) is 2.15. The van der Waals surface area contributed by atoms with Gasteiger partial charge in [-0.1, -0.05) is 18.2 Å². The summed E-state index contributed by atoms with van der Waals surface area (Å²) in [6.45, 7) is -0.204. The van der Waals surface area contributed by atoms with Crippen molar-refractivity contribution in [2.75, 3.05) is 11.9 Å². The van der Waals surface area contributed by atoms with E-state index in [9.17, 15) is 14.9 Å². The predicted octanol–water partition coefficient (Wildman–Crippen LogP) is 3.16. The SMILES string of the molecule is O=C(COc1ccc([N+](=O)[O-])cc1)Nc1cnc2ccccc2c1. The molecule has 1 heterocycles. The van der Waals surface area contributed by atoms with Gasteiger partial charge in [0.2, 0.25) is 0 Å². The van der Waals surface area contributed by atoms with Crippen molar-refractivity contribution < 1.29 is 14.5 Å². The Balaban J connectivity index is 1.59. The minimum Gasteiger partial charge on any atom is -0.484 e. The molecule has 1 aromatic heterocycles. The zero-order valence-electron chi connectivity index (χ0n) is 12.5. The molecular formula is C17H13N3O4. The maximum atomic E-state index is 11.9. The fourth-order valence-electron chi connectivity index (χ4n) is 2.15. The minimum absolute atomic E-state index is 0.0333. The highest BCUT2D eigenvalue weighted by Crippen LogP contribution is 2.18. The number of hydrogen-bond donors (Lipinski definition) is 1. The Kier molecular flexibility index (Phi) is 4.33. The molecule has 1 amide bonds. The van der Waals surface area contributed by atoms with Gasteiger partial charge in [0.1, 0.15) is 5.75 Å². The van der Waals surface area contributed by atoms with Crippen LogP contribution in [-0.2, 0) is 4.79 Å². The number of pyridine rings is 1. The number of amides is 1. The summed E-state index contributed by atoms with van der Waals surface area (Å²) in [6, 6.07) is 14.9. The van der Waals surface area contributed by atoms with Crippen LogP contribution in [0.3, 0.4) is 0 Å². The molecule has 0 saturated carbocycles. The van der Waals surface area contributed by atoms with Crippen molar-refractivity contribution in [1.29, 1.82) is 0 Å². The normalized spacial score (nSPS) is 10.3. The van der Waals surface area contributed by atoms with E-state index in [2.05, 4.69) is 10.3 Å². The summed E-state index contributed by atoms with van der Waals surface area (Å²) in [6.07, 6.45) is 1.58. The predicted molar refractivity (Wildman–Crippen MR) is 89.0 cm³/mol. The second-order valence-electron chi connectivity index (χ2n) is 5.00. The Morgan fingerprint density at radius 2 is 1.92 bits per heavy atom. The molecule has 0 fully saturated rings. The lowest BCUT2D eigenvalue weighted by atomic mass is 10.2. The van der Waals surface area contributed by atoms with Gasteiger partial charge in [0, 0.05) is 17.5 Å². The second kappa shape index (κ2) is 6.74. The Hall–Kier alpha value is -3.48. The average Bonchev–Trinajstić information content (AvgIpc) is 2.60. The monoisotopic (exact) mass is 323 g/mol. The number of para-hydroxylation sites is 1. The number of fused-ring (bicyclic) bond motifs is 1. The third kappa shape index (κ3) is 3.64. The van der Waals surface area contributed by atoms with Crippen LogP contribution in [0, 0.1) is 10.1 Å². The lowest BCUT2D eigenvalue weighted by molar-refractivity contribution is -0.384. The smallest absolute Gasteiger partial charge is 0.269 e. The number of nitro benzene ring substituents is 1. The van der Waals surface area contributed by atoms with Gasteiger partial charge in [-0.15, -0.1) is 0 Å². The van der Waals surface area contributed by atoms with Crippen molar-refractivity contribution in [3.63, 3.8) is 0 Å². The van der Waals surface area contributed by atoms with E-state index in [1.165, 1.54) is 24.3 Å². The van der Waals surface area contributed by atoms with Crippen molar-refractivity contribution in [3.05, 3.63) is 70.9 Å². The van der Waals surface area contributed by atoms with Crippen molar-refractivity contribution in [1.82, 2.24) is 4.98 Å². The summed E-state index contributed by atoms with van der Waals surface area (Å²) in [7, 11) is 0. The zero-order chi connectivity index (χ0) is 16.9. The first-order valence-electron chi connectivity index (χ1n) is 7.14. The van der Waals surface area contributed by atoms with Gasteiger partial charge in [-0.2, -0.15) is 0 Å². The van der Waals surface area contributed by atoms with Gasteiger partial charge in [-0.25, -0.2) is 0 Å². The largest absolute Gasteiger partial charge is 0.484 e. The van der Waals surface area contributed by atoms with Gasteiger partial charge in [-0.3, -0.25) is 19.9 Å². The number of carbonyl (C=O) groups excluding carboxylic acids is 1. The average molecular weight is 323 g/mol. The Bertz CT molecular complexity index is 894. The van der Waals surface area contributed by atoms with Gasteiger partial charge in [-0.05, 0) is 24.3 Å². The van der Waals surface area contributed by atoms with Crippen LogP contribution in [0.15, 0.2) is 60.8 Å². The summed E-state index contributed by atoms with van der Waals surface area (Å²) >= 11 is 0. The van der Waals surface area contributed by atoms with Crippen LogP contribution in [0.25, 0.3) is 10.9 Å². The molecule has 0 radical (unpaired) electrons. The summed E-state index contributed by atoms with van der Waals surface area (Å²) < 4.78 is 5.31. The molecule has 0 saturated heterocycles.